The molecule has 0 amide bonds. The Labute approximate surface area is 213 Å². The second-order valence-electron chi connectivity index (χ2n) is 8.27. The Kier molecular flexibility index (Phi) is 7.40. The Morgan fingerprint density at radius 2 is 0.842 bits per heavy atom. The van der Waals surface area contributed by atoms with E-state index in [4.69, 9.17) is 20.9 Å². The van der Waals surface area contributed by atoms with Crippen LogP contribution in [-0.4, -0.2) is 17.8 Å². The second kappa shape index (κ2) is 10.5. The highest BCUT2D eigenvalue weighted by Crippen LogP contribution is 2.52. The van der Waals surface area contributed by atoms with Gasteiger partial charge in [-0.05, 0) is 83.9 Å². The van der Waals surface area contributed by atoms with Gasteiger partial charge in [0.25, 0.3) is 6.43 Å². The normalized spacial score (nSPS) is 12.1. The van der Waals surface area contributed by atoms with Crippen LogP contribution in [0.2, 0.25) is 0 Å². The van der Waals surface area contributed by atoms with Crippen LogP contribution in [0.25, 0.3) is 0 Å². The SMILES string of the molecule is Nc1ccc(Oc2ccc(C(c3ccc(Oc4ccc(N)cc4)cc3)(C(F)F)C(F)(F)N(F)F)cc2)cc1. The third kappa shape index (κ3) is 5.05. The molecule has 11 heteroatoms. The molecular weight excluding hydrogens is 512 g/mol. The summed E-state index contributed by atoms with van der Waals surface area (Å²) in [6.07, 6.45) is -3.95. The van der Waals surface area contributed by atoms with Gasteiger partial charge in [0.05, 0.1) is 5.34 Å². The number of halogens is 6. The van der Waals surface area contributed by atoms with E-state index in [-0.39, 0.29) is 11.5 Å². The monoisotopic (exact) mass is 533 g/mol. The predicted molar refractivity (Wildman–Crippen MR) is 131 cm³/mol. The summed E-state index contributed by atoms with van der Waals surface area (Å²) in [5.41, 5.74) is 6.93. The van der Waals surface area contributed by atoms with Crippen LogP contribution in [0.15, 0.2) is 97.1 Å². The molecule has 0 unspecified atom stereocenters. The van der Waals surface area contributed by atoms with E-state index >= 15 is 8.78 Å². The summed E-state index contributed by atoms with van der Waals surface area (Å²) < 4.78 is 97.6. The molecule has 0 radical (unpaired) electrons. The standard InChI is InChI=1S/C27H21F6N3O2/c28-25(29)26(27(30,31)36(32)33,17-1-9-21(10-2-17)37-23-13-5-19(34)6-14-23)18-3-11-22(12-4-18)38-24-15-7-20(35)8-16-24/h1-16,25H,34-35H2. The molecule has 0 saturated carbocycles. The zero-order valence-electron chi connectivity index (χ0n) is 19.5. The van der Waals surface area contributed by atoms with Crippen molar-refractivity contribution < 1.29 is 36.0 Å². The van der Waals surface area contributed by atoms with Crippen LogP contribution in [0.3, 0.4) is 0 Å². The number of hydrogen-bond donors (Lipinski definition) is 2. The van der Waals surface area contributed by atoms with Crippen molar-refractivity contribution in [2.75, 3.05) is 11.5 Å². The molecule has 5 nitrogen and oxygen atoms in total. The number of hydrogen-bond acceptors (Lipinski definition) is 5. The zero-order valence-corrected chi connectivity index (χ0v) is 19.5. The van der Waals surface area contributed by atoms with Gasteiger partial charge in [0.1, 0.15) is 23.0 Å². The first kappa shape index (κ1) is 26.7. The lowest BCUT2D eigenvalue weighted by Gasteiger charge is -2.39. The van der Waals surface area contributed by atoms with Gasteiger partial charge in [-0.25, -0.2) is 8.78 Å². The van der Waals surface area contributed by atoms with Crippen LogP contribution >= 0.6 is 0 Å². The summed E-state index contributed by atoms with van der Waals surface area (Å²) in [5, 5.41) is -2.50. The molecule has 4 aromatic rings. The molecule has 0 aliphatic carbocycles. The third-order valence-electron chi connectivity index (χ3n) is 5.86. The highest BCUT2D eigenvalue weighted by molar-refractivity contribution is 5.49. The van der Waals surface area contributed by atoms with Gasteiger partial charge >= 0.3 is 6.05 Å². The van der Waals surface area contributed by atoms with E-state index in [2.05, 4.69) is 0 Å². The van der Waals surface area contributed by atoms with Gasteiger partial charge in [-0.1, -0.05) is 33.2 Å². The molecule has 4 aromatic carbocycles. The average Bonchev–Trinajstić information content (AvgIpc) is 2.89. The van der Waals surface area contributed by atoms with E-state index < -0.39 is 34.4 Å². The van der Waals surface area contributed by atoms with Crippen LogP contribution in [-0.2, 0) is 5.41 Å². The smallest absolute Gasteiger partial charge is 0.376 e. The molecule has 0 aromatic heterocycles. The van der Waals surface area contributed by atoms with Gasteiger partial charge in [0, 0.05) is 11.4 Å². The molecule has 0 aliphatic rings. The highest BCUT2D eigenvalue weighted by Gasteiger charge is 2.67. The first-order chi connectivity index (χ1) is 18.0. The zero-order chi connectivity index (χ0) is 27.5. The number of alkyl halides is 4. The number of ether oxygens (including phenoxy) is 2. The van der Waals surface area contributed by atoms with E-state index in [9.17, 15) is 17.7 Å². The fourth-order valence-electron chi connectivity index (χ4n) is 3.95. The van der Waals surface area contributed by atoms with Crippen molar-refractivity contribution in [2.45, 2.75) is 17.9 Å². The third-order valence-corrected chi connectivity index (χ3v) is 5.86. The summed E-state index contributed by atoms with van der Waals surface area (Å²) in [5.74, 6) is 0.893. The molecule has 0 saturated heterocycles. The minimum atomic E-state index is -5.31. The molecule has 0 bridgehead atoms. The fraction of sp³-hybridized carbons (Fsp3) is 0.111. The minimum absolute atomic E-state index is 0.106. The van der Waals surface area contributed by atoms with Crippen molar-refractivity contribution >= 4 is 11.4 Å². The van der Waals surface area contributed by atoms with E-state index in [0.717, 1.165) is 48.5 Å². The summed E-state index contributed by atoms with van der Waals surface area (Å²) in [6.45, 7) is 0. The molecule has 0 fully saturated rings. The van der Waals surface area contributed by atoms with Gasteiger partial charge in [0.2, 0.25) is 0 Å². The number of benzene rings is 4. The average molecular weight is 533 g/mol. The molecule has 38 heavy (non-hydrogen) atoms. The van der Waals surface area contributed by atoms with Crippen molar-refractivity contribution in [3.8, 4) is 23.0 Å². The maximum absolute atomic E-state index is 15.1. The van der Waals surface area contributed by atoms with E-state index in [1.54, 1.807) is 48.5 Å². The van der Waals surface area contributed by atoms with Gasteiger partial charge in [-0.3, -0.25) is 0 Å². The molecule has 0 heterocycles. The molecule has 0 aliphatic heterocycles. The summed E-state index contributed by atoms with van der Waals surface area (Å²) in [6, 6.07) is 15.2. The second-order valence-corrected chi connectivity index (χ2v) is 8.27. The highest BCUT2D eigenvalue weighted by atomic mass is 19.4. The Morgan fingerprint density at radius 3 is 1.11 bits per heavy atom. The Morgan fingerprint density at radius 1 is 0.553 bits per heavy atom. The summed E-state index contributed by atoms with van der Waals surface area (Å²) in [4.78, 5) is 0. The first-order valence-corrected chi connectivity index (χ1v) is 11.1. The van der Waals surface area contributed by atoms with Crippen molar-refractivity contribution in [1.29, 1.82) is 0 Å². The van der Waals surface area contributed by atoms with Crippen molar-refractivity contribution in [2.24, 2.45) is 0 Å². The van der Waals surface area contributed by atoms with Crippen LogP contribution in [0.5, 0.6) is 23.0 Å². The van der Waals surface area contributed by atoms with E-state index in [0.29, 0.717) is 22.9 Å². The Balaban J connectivity index is 1.73. The lowest BCUT2D eigenvalue weighted by atomic mass is 9.72. The predicted octanol–water partition coefficient (Wildman–Crippen LogP) is 7.65. The maximum atomic E-state index is 15.1. The van der Waals surface area contributed by atoms with Crippen LogP contribution in [0.4, 0.5) is 37.9 Å². The van der Waals surface area contributed by atoms with Crippen molar-refractivity contribution in [3.05, 3.63) is 108 Å². The van der Waals surface area contributed by atoms with Crippen molar-refractivity contribution in [3.63, 3.8) is 0 Å². The maximum Gasteiger partial charge on any atom is 0.376 e. The quantitative estimate of drug-likeness (QED) is 0.100. The topological polar surface area (TPSA) is 73.7 Å². The molecule has 198 valence electrons. The van der Waals surface area contributed by atoms with Gasteiger partial charge in [-0.2, -0.15) is 8.78 Å². The van der Waals surface area contributed by atoms with E-state index in [1.165, 1.54) is 0 Å². The molecule has 4 rings (SSSR count). The lowest BCUT2D eigenvalue weighted by Crippen LogP contribution is -2.56. The van der Waals surface area contributed by atoms with Gasteiger partial charge in [-0.15, -0.1) is 0 Å². The Bertz CT molecular complexity index is 1260. The number of rotatable bonds is 9. The van der Waals surface area contributed by atoms with Crippen LogP contribution in [0.1, 0.15) is 11.1 Å². The van der Waals surface area contributed by atoms with Crippen LogP contribution in [0, 0.1) is 0 Å². The number of nitrogen functional groups attached to an aromatic ring is 2. The summed E-state index contributed by atoms with van der Waals surface area (Å²) >= 11 is 0. The minimum Gasteiger partial charge on any atom is -0.457 e. The number of nitrogens with two attached hydrogens (primary N) is 2. The fourth-order valence-corrected chi connectivity index (χ4v) is 3.95. The number of nitrogens with zero attached hydrogens (tertiary/aromatic N) is 1. The Hall–Kier alpha value is -4.38. The number of anilines is 2. The molecule has 4 N–H and O–H groups in total. The molecular formula is C27H21F6N3O2. The van der Waals surface area contributed by atoms with Gasteiger partial charge < -0.3 is 20.9 Å². The van der Waals surface area contributed by atoms with Crippen molar-refractivity contribution in [1.82, 2.24) is 5.34 Å². The summed E-state index contributed by atoms with van der Waals surface area (Å²) in [7, 11) is 0. The first-order valence-electron chi connectivity index (χ1n) is 11.1. The largest absolute Gasteiger partial charge is 0.457 e. The molecule has 0 atom stereocenters. The van der Waals surface area contributed by atoms with E-state index in [1.807, 2.05) is 0 Å². The van der Waals surface area contributed by atoms with Gasteiger partial charge in [0.15, 0.2) is 5.41 Å². The molecule has 0 spiro atoms. The lowest BCUT2D eigenvalue weighted by molar-refractivity contribution is -0.364. The van der Waals surface area contributed by atoms with Crippen LogP contribution < -0.4 is 20.9 Å².